The summed E-state index contributed by atoms with van der Waals surface area (Å²) in [5.41, 5.74) is 8.53. The Morgan fingerprint density at radius 2 is 1.23 bits per heavy atom. The Morgan fingerprint density at radius 3 is 1.80 bits per heavy atom. The van der Waals surface area contributed by atoms with Gasteiger partial charge in [0.15, 0.2) is 5.11 Å². The fraction of sp³-hybridized carbons (Fsp3) is 0.423. The van der Waals surface area contributed by atoms with Gasteiger partial charge < -0.3 is 40.4 Å². The second kappa shape index (κ2) is 27.1. The minimum absolute atomic E-state index is 0. The standard InChI is InChI=1S/C52H66N8O9S.Gd/c1-6-58(7-2)39-15-18-43-45(28-39)69-46-29-40(59(8-3)9-4)16-19-44(46)51(43)42-17-14-38(26-35(42)5)54-52(70)53-37-12-10-36(11-13-37)27-41-30-57(33-49(65)66)23-22-55(31-47(61)62)20-21-56(32-48(63)64)24-25-60(41)34-50(67)68;/h10-19,26,28-29,41H,6-9,20-25,27,30-34H2,1-5H3,(H5,53,61,62,63,64,65,66,67,68,70);/p+1. The third kappa shape index (κ3) is 15.9. The normalized spacial score (nSPS) is 15.5. The third-order valence-electron chi connectivity index (χ3n) is 13.0. The van der Waals surface area contributed by atoms with Gasteiger partial charge in [-0.3, -0.25) is 38.8 Å². The molecule has 0 bridgehead atoms. The van der Waals surface area contributed by atoms with Gasteiger partial charge in [0, 0.05) is 151 Å². The number of rotatable bonds is 18. The van der Waals surface area contributed by atoms with Crippen molar-refractivity contribution in [3.8, 4) is 22.5 Å². The molecule has 0 saturated carbocycles. The fourth-order valence-corrected chi connectivity index (χ4v) is 9.63. The molecule has 1 fully saturated rings. The van der Waals surface area contributed by atoms with E-state index in [1.165, 1.54) is 0 Å². The Kier molecular flexibility index (Phi) is 21.7. The van der Waals surface area contributed by atoms with Crippen molar-refractivity contribution >= 4 is 69.2 Å². The van der Waals surface area contributed by atoms with Crippen molar-refractivity contribution < 1.29 is 84.0 Å². The van der Waals surface area contributed by atoms with Gasteiger partial charge in [0.05, 0.1) is 32.2 Å². The molecule has 71 heavy (non-hydrogen) atoms. The Balaban J connectivity index is 0.00000937. The zero-order valence-electron chi connectivity index (χ0n) is 41.2. The van der Waals surface area contributed by atoms with Crippen LogP contribution in [0.15, 0.2) is 83.3 Å². The first-order chi connectivity index (χ1) is 33.6. The Morgan fingerprint density at radius 1 is 0.676 bits per heavy atom. The molecule has 0 radical (unpaired) electrons. The molecule has 1 saturated heterocycles. The smallest absolute Gasteiger partial charge is 0.317 e. The summed E-state index contributed by atoms with van der Waals surface area (Å²) in [6, 6.07) is 26.2. The number of hydrogen-bond acceptors (Lipinski definition) is 11. The summed E-state index contributed by atoms with van der Waals surface area (Å²) >= 11 is 5.79. The minimum Gasteiger partial charge on any atom is -0.480 e. The first-order valence-electron chi connectivity index (χ1n) is 24.0. The molecule has 6 N–H and O–H groups in total. The largest absolute Gasteiger partial charge is 0.480 e. The number of thiocarbonyl (C=S) groups is 1. The maximum atomic E-state index is 12.2. The van der Waals surface area contributed by atoms with Crippen molar-refractivity contribution in [2.75, 3.05) is 114 Å². The van der Waals surface area contributed by atoms with Gasteiger partial charge in [0.1, 0.15) is 24.4 Å². The molecule has 2 aliphatic heterocycles. The van der Waals surface area contributed by atoms with Crippen LogP contribution < -0.4 is 25.5 Å². The molecular formula is C52H67GdN8O9S+. The molecular weight excluding hydrogens is 1070 g/mol. The molecule has 3 aromatic carbocycles. The average Bonchev–Trinajstić information content (AvgIpc) is 3.30. The SMILES string of the molecule is CCN(CC)c1ccc2c(-c3ccc(NC(=S)Nc4ccc(CC5CN(CC(=O)O)CCN(CC(=O)O)CCN(CC(=O)O)CCN5CC(=O)O)cc4)cc3C)c3ccc(=[N+](CC)CC)cc-3oc2c1.[Gd]. The van der Waals surface area contributed by atoms with E-state index < -0.39 is 29.9 Å². The number of aliphatic carboxylic acids is 4. The van der Waals surface area contributed by atoms with Gasteiger partial charge in [0.25, 0.3) is 0 Å². The molecule has 0 aromatic heterocycles. The fourth-order valence-electron chi connectivity index (χ4n) is 9.40. The van der Waals surface area contributed by atoms with Gasteiger partial charge in [-0.15, -0.1) is 0 Å². The number of nitrogens with zero attached hydrogens (tertiary/aromatic N) is 6. The molecule has 3 aliphatic rings. The van der Waals surface area contributed by atoms with Gasteiger partial charge in [-0.25, -0.2) is 4.58 Å². The first-order valence-corrected chi connectivity index (χ1v) is 24.4. The van der Waals surface area contributed by atoms with E-state index in [9.17, 15) is 39.6 Å². The predicted octanol–water partition coefficient (Wildman–Crippen LogP) is 5.45. The number of nitrogens with one attached hydrogen (secondary N) is 2. The molecule has 6 rings (SSSR count). The Hall–Kier alpha value is -5.12. The van der Waals surface area contributed by atoms with Crippen molar-refractivity contribution in [3.63, 3.8) is 0 Å². The molecule has 1 unspecified atom stereocenters. The monoisotopic (exact) mass is 1140 g/mol. The number of aryl methyl sites for hydroxylation is 1. The van der Waals surface area contributed by atoms with Crippen LogP contribution in [0.5, 0.6) is 0 Å². The Labute approximate surface area is 452 Å². The van der Waals surface area contributed by atoms with Crippen LogP contribution >= 0.6 is 12.2 Å². The molecule has 2 heterocycles. The van der Waals surface area contributed by atoms with Crippen molar-refractivity contribution in [1.82, 2.24) is 24.2 Å². The summed E-state index contributed by atoms with van der Waals surface area (Å²) in [6.07, 6.45) is 0.351. The second-order valence-electron chi connectivity index (χ2n) is 17.7. The van der Waals surface area contributed by atoms with E-state index in [1.54, 1.807) is 19.6 Å². The van der Waals surface area contributed by atoms with Gasteiger partial charge in [-0.05, 0) is 112 Å². The third-order valence-corrected chi connectivity index (χ3v) is 13.2. The quantitative estimate of drug-likeness (QED) is 0.0367. The second-order valence-corrected chi connectivity index (χ2v) is 18.1. The van der Waals surface area contributed by atoms with E-state index in [-0.39, 0.29) is 112 Å². The number of anilines is 3. The summed E-state index contributed by atoms with van der Waals surface area (Å²) in [5, 5.41) is 48.1. The van der Waals surface area contributed by atoms with Crippen LogP contribution in [-0.4, -0.2) is 173 Å². The first kappa shape index (κ1) is 56.8. The molecule has 19 heteroatoms. The van der Waals surface area contributed by atoms with Gasteiger partial charge in [-0.2, -0.15) is 0 Å². The van der Waals surface area contributed by atoms with Gasteiger partial charge >= 0.3 is 23.9 Å². The van der Waals surface area contributed by atoms with Crippen LogP contribution in [0.2, 0.25) is 0 Å². The van der Waals surface area contributed by atoms with E-state index in [1.807, 2.05) is 30.3 Å². The number of carboxylic acid groups (broad SMARTS) is 4. The van der Waals surface area contributed by atoms with Crippen molar-refractivity contribution in [2.45, 2.75) is 47.1 Å². The molecule has 17 nitrogen and oxygen atoms in total. The summed E-state index contributed by atoms with van der Waals surface area (Å²) in [6.45, 7) is 14.4. The molecule has 3 aromatic rings. The van der Waals surface area contributed by atoms with Gasteiger partial charge in [0.2, 0.25) is 5.36 Å². The van der Waals surface area contributed by atoms with Gasteiger partial charge in [-0.1, -0.05) is 18.2 Å². The van der Waals surface area contributed by atoms with Crippen LogP contribution in [-0.2, 0) is 25.6 Å². The predicted molar refractivity (Wildman–Crippen MR) is 278 cm³/mol. The average molecular weight is 1140 g/mol. The number of carboxylic acids is 4. The molecule has 0 amide bonds. The summed E-state index contributed by atoms with van der Waals surface area (Å²) in [7, 11) is 0. The van der Waals surface area contributed by atoms with Crippen molar-refractivity contribution in [3.05, 3.63) is 95.3 Å². The maximum absolute atomic E-state index is 12.2. The van der Waals surface area contributed by atoms with Crippen LogP contribution in [0.25, 0.3) is 33.4 Å². The van der Waals surface area contributed by atoms with E-state index in [2.05, 4.69) is 103 Å². The number of fused-ring (bicyclic) bond motifs is 2. The zero-order chi connectivity index (χ0) is 50.5. The minimum atomic E-state index is -1.07. The number of benzene rings is 4. The summed E-state index contributed by atoms with van der Waals surface area (Å²) < 4.78 is 9.01. The van der Waals surface area contributed by atoms with Crippen molar-refractivity contribution in [1.29, 1.82) is 0 Å². The summed E-state index contributed by atoms with van der Waals surface area (Å²) in [5.74, 6) is -3.43. The number of carbonyl (C=O) groups is 4. The molecule has 382 valence electrons. The topological polar surface area (TPSA) is 206 Å². The van der Waals surface area contributed by atoms with E-state index in [0.29, 0.717) is 17.2 Å². The van der Waals surface area contributed by atoms with E-state index >= 15 is 0 Å². The Bertz CT molecular complexity index is 2690. The van der Waals surface area contributed by atoms with E-state index in [4.69, 9.17) is 16.6 Å². The van der Waals surface area contributed by atoms with Crippen LogP contribution in [0.3, 0.4) is 0 Å². The van der Waals surface area contributed by atoms with Crippen LogP contribution in [0.1, 0.15) is 38.8 Å². The van der Waals surface area contributed by atoms with Crippen LogP contribution in [0, 0.1) is 46.9 Å². The molecule has 1 atom stereocenters. The van der Waals surface area contributed by atoms with Crippen LogP contribution in [0.4, 0.5) is 17.1 Å². The van der Waals surface area contributed by atoms with Crippen molar-refractivity contribution in [2.24, 2.45) is 0 Å². The van der Waals surface area contributed by atoms with E-state index in [0.717, 1.165) is 87.5 Å². The molecule has 0 spiro atoms. The summed E-state index contributed by atoms with van der Waals surface area (Å²) in [4.78, 5) is 56.8. The zero-order valence-corrected chi connectivity index (χ0v) is 44.3. The molecule has 1 aliphatic carbocycles. The number of hydrogen-bond donors (Lipinski definition) is 6. The maximum Gasteiger partial charge on any atom is 0.317 e.